The lowest BCUT2D eigenvalue weighted by Crippen LogP contribution is -2.52. The number of pyridine rings is 1. The molecule has 5 aliphatic heterocycles. The van der Waals surface area contributed by atoms with E-state index in [9.17, 15) is 28.2 Å². The van der Waals surface area contributed by atoms with E-state index < -0.39 is 45.2 Å². The van der Waals surface area contributed by atoms with Crippen LogP contribution in [0.4, 0.5) is 20.2 Å². The zero-order valence-corrected chi connectivity index (χ0v) is 37.3. The van der Waals surface area contributed by atoms with Crippen molar-refractivity contribution in [3.63, 3.8) is 0 Å². The molecule has 2 aromatic heterocycles. The second-order valence-corrected chi connectivity index (χ2v) is 20.6. The molecule has 3 N–H and O–H groups in total. The number of aromatic nitrogens is 2. The molecule has 5 aliphatic rings. The first-order valence-electron chi connectivity index (χ1n) is 22.9. The lowest BCUT2D eigenvalue weighted by atomic mass is 9.87. The van der Waals surface area contributed by atoms with Crippen molar-refractivity contribution in [2.24, 2.45) is 5.92 Å². The molecule has 0 aliphatic carbocycles. The van der Waals surface area contributed by atoms with Gasteiger partial charge in [-0.2, -0.15) is 0 Å². The van der Waals surface area contributed by atoms with E-state index in [1.807, 2.05) is 18.2 Å². The average molecular weight is 919 g/mol. The zero-order valence-electron chi connectivity index (χ0n) is 36.4. The van der Waals surface area contributed by atoms with Gasteiger partial charge in [0.25, 0.3) is 5.91 Å². The lowest BCUT2D eigenvalue weighted by molar-refractivity contribution is -0.136. The van der Waals surface area contributed by atoms with Crippen LogP contribution in [0.1, 0.15) is 94.7 Å². The molecular weight excluding hydrogens is 867 g/mol. The minimum Gasteiger partial charge on any atom is -0.372 e. The standard InChI is InChI=1S/C49H52F2N8O6S/c50-40-9-10-41(55-66(65,29-60)58-17-1-2-18-58)45(51)44(40)46(62)39-26-53-47-38(39)24-34(25-52-47)31-3-6-36(7-4-31)57-21-13-30(14-22-57)27-56-19-15-32(16-20-56)33-5-8-37-35(23-33)28-59(49(37)64)42-11-12-43(61)54-48(42)63/h3-10,23-26,29-30,32,42,66H,1-2,11-22,27-28H2,(H,52,53)(H,55,65)(H,54,61,63). The van der Waals surface area contributed by atoms with Crippen LogP contribution in [0.5, 0.6) is 0 Å². The number of rotatable bonds is 12. The molecule has 0 saturated carbocycles. The van der Waals surface area contributed by atoms with Gasteiger partial charge in [0.2, 0.25) is 23.2 Å². The number of nitrogens with one attached hydrogen (secondary N) is 3. The number of carbonyl (C=O) groups is 5. The van der Waals surface area contributed by atoms with Gasteiger partial charge in [-0.15, -0.1) is 0 Å². The summed E-state index contributed by atoms with van der Waals surface area (Å²) in [7, 11) is -3.85. The van der Waals surface area contributed by atoms with E-state index in [1.165, 1.54) is 16.1 Å². The third kappa shape index (κ3) is 8.32. The maximum absolute atomic E-state index is 15.9. The number of carbonyl (C=O) groups excluding carboxylic acids is 5. The molecule has 0 spiro atoms. The molecule has 66 heavy (non-hydrogen) atoms. The first-order chi connectivity index (χ1) is 32.0. The number of amides is 3. The van der Waals surface area contributed by atoms with E-state index >= 15 is 8.78 Å². The van der Waals surface area contributed by atoms with Crippen LogP contribution in [-0.2, 0) is 31.2 Å². The molecule has 3 amide bonds. The number of piperidine rings is 3. The third-order valence-corrected chi connectivity index (χ3v) is 16.4. The van der Waals surface area contributed by atoms with Crippen molar-refractivity contribution in [1.29, 1.82) is 0 Å². The van der Waals surface area contributed by atoms with Crippen LogP contribution in [0, 0.1) is 17.6 Å². The summed E-state index contributed by atoms with van der Waals surface area (Å²) in [4.78, 5) is 77.1. The van der Waals surface area contributed by atoms with Crippen LogP contribution in [0.15, 0.2) is 73.1 Å². The number of H-pyrrole nitrogens is 1. The van der Waals surface area contributed by atoms with Gasteiger partial charge in [-0.3, -0.25) is 29.3 Å². The molecule has 0 bridgehead atoms. The number of nitrogens with zero attached hydrogens (tertiary/aromatic N) is 5. The summed E-state index contributed by atoms with van der Waals surface area (Å²) in [5.41, 5.74) is 5.02. The van der Waals surface area contributed by atoms with Crippen molar-refractivity contribution < 1.29 is 37.0 Å². The molecule has 0 radical (unpaired) electrons. The molecule has 3 aromatic carbocycles. The van der Waals surface area contributed by atoms with E-state index in [1.54, 1.807) is 17.2 Å². The van der Waals surface area contributed by atoms with Crippen molar-refractivity contribution in [1.82, 2.24) is 29.4 Å². The van der Waals surface area contributed by atoms with Crippen molar-refractivity contribution in [2.75, 3.05) is 55.4 Å². The predicted molar refractivity (Wildman–Crippen MR) is 248 cm³/mol. The number of fused-ring (bicyclic) bond motifs is 2. The molecule has 14 nitrogen and oxygen atoms in total. The molecular formula is C49H52F2N8O6S. The van der Waals surface area contributed by atoms with Crippen LogP contribution in [-0.4, -0.2) is 109 Å². The average Bonchev–Trinajstić information content (AvgIpc) is 4.11. The Kier molecular flexibility index (Phi) is 11.9. The third-order valence-electron chi connectivity index (χ3n) is 14.3. The fourth-order valence-corrected chi connectivity index (χ4v) is 12.3. The first kappa shape index (κ1) is 43.7. The number of hydrogen-bond acceptors (Lipinski definition) is 9. The minimum atomic E-state index is -3.85. The van der Waals surface area contributed by atoms with E-state index in [4.69, 9.17) is 0 Å². The summed E-state index contributed by atoms with van der Waals surface area (Å²) in [6.45, 7) is 6.20. The van der Waals surface area contributed by atoms with Gasteiger partial charge < -0.3 is 24.4 Å². The van der Waals surface area contributed by atoms with Crippen LogP contribution in [0.3, 0.4) is 0 Å². The molecule has 4 saturated heterocycles. The monoisotopic (exact) mass is 918 g/mol. The first-order valence-corrected chi connectivity index (χ1v) is 24.6. The Morgan fingerprint density at radius 3 is 2.36 bits per heavy atom. The molecule has 10 rings (SSSR count). The summed E-state index contributed by atoms with van der Waals surface area (Å²) < 4.78 is 48.5. The largest absolute Gasteiger partial charge is 0.372 e. The summed E-state index contributed by atoms with van der Waals surface area (Å²) in [6.07, 6.45) is 9.41. The zero-order chi connectivity index (χ0) is 45.7. The Morgan fingerprint density at radius 2 is 1.64 bits per heavy atom. The summed E-state index contributed by atoms with van der Waals surface area (Å²) >= 11 is 0. The van der Waals surface area contributed by atoms with Crippen LogP contribution in [0.25, 0.3) is 22.2 Å². The van der Waals surface area contributed by atoms with Gasteiger partial charge in [0, 0.05) is 85.8 Å². The minimum absolute atomic E-state index is 0.0238. The smallest absolute Gasteiger partial charge is 0.255 e. The van der Waals surface area contributed by atoms with Gasteiger partial charge in [0.05, 0.1) is 21.6 Å². The van der Waals surface area contributed by atoms with Crippen molar-refractivity contribution in [2.45, 2.75) is 69.9 Å². The number of hydrogen-bond donors (Lipinski definition) is 4. The Hall–Kier alpha value is -6.17. The van der Waals surface area contributed by atoms with E-state index in [2.05, 4.69) is 54.1 Å². The second-order valence-electron chi connectivity index (χ2n) is 18.3. The summed E-state index contributed by atoms with van der Waals surface area (Å²) in [5, 5.41) is 2.76. The Morgan fingerprint density at radius 1 is 0.879 bits per heavy atom. The van der Waals surface area contributed by atoms with Gasteiger partial charge in [-0.1, -0.05) is 24.3 Å². The second kappa shape index (κ2) is 17.9. The maximum atomic E-state index is 15.9. The van der Waals surface area contributed by atoms with Crippen molar-refractivity contribution in [3.05, 3.63) is 113 Å². The highest BCUT2D eigenvalue weighted by atomic mass is 32.3. The number of anilines is 2. The van der Waals surface area contributed by atoms with E-state index in [0.29, 0.717) is 54.5 Å². The maximum Gasteiger partial charge on any atom is 0.255 e. The van der Waals surface area contributed by atoms with Gasteiger partial charge in [0.1, 0.15) is 17.5 Å². The van der Waals surface area contributed by atoms with Crippen LogP contribution >= 0.6 is 0 Å². The summed E-state index contributed by atoms with van der Waals surface area (Å²) in [6, 6.07) is 17.5. The van der Waals surface area contributed by atoms with E-state index in [0.717, 1.165) is 106 Å². The Labute approximate surface area is 381 Å². The van der Waals surface area contributed by atoms with E-state index in [-0.39, 0.29) is 35.1 Å². The number of halogens is 2. The number of ketones is 1. The number of thiol groups is 1. The normalized spacial score (nSPS) is 20.5. The molecule has 4 fully saturated rings. The van der Waals surface area contributed by atoms with Gasteiger partial charge >= 0.3 is 0 Å². The number of imide groups is 1. The Bertz CT molecular complexity index is 2800. The molecule has 7 heterocycles. The number of likely N-dealkylation sites (tertiary alicyclic amines) is 1. The van der Waals surface area contributed by atoms with Crippen molar-refractivity contribution >= 4 is 61.8 Å². The molecule has 1 atom stereocenters. The van der Waals surface area contributed by atoms with Crippen molar-refractivity contribution in [3.8, 4) is 11.1 Å². The fraction of sp³-hybridized carbons (Fsp3) is 0.388. The topological polar surface area (TPSA) is 168 Å². The summed E-state index contributed by atoms with van der Waals surface area (Å²) in [5.74, 6) is -3.02. The Balaban J connectivity index is 0.732. The predicted octanol–water partition coefficient (Wildman–Crippen LogP) is 6.14. The highest BCUT2D eigenvalue weighted by Gasteiger charge is 2.40. The fourth-order valence-electron chi connectivity index (χ4n) is 10.6. The number of benzene rings is 3. The van der Waals surface area contributed by atoms with Gasteiger partial charge in [0.15, 0.2) is 5.82 Å². The molecule has 1 unspecified atom stereocenters. The SMILES string of the molecule is O=C[SH](=O)(Nc1ccc(F)c(C(=O)c2c[nH]c3ncc(-c4ccc(N5CCC(CN6CCC(c7ccc8c(c7)CN(C7CCC(=O)NC7=O)C8=O)CC6)CC5)cc4)cc23)c1F)N1CCCC1. The highest BCUT2D eigenvalue weighted by Crippen LogP contribution is 2.36. The molecule has 344 valence electrons. The van der Waals surface area contributed by atoms with Crippen LogP contribution < -0.4 is 14.9 Å². The molecule has 5 aromatic rings. The number of aromatic amines is 1. The van der Waals surface area contributed by atoms with Crippen LogP contribution in [0.2, 0.25) is 0 Å². The quantitative estimate of drug-likeness (QED) is 0.0498. The van der Waals surface area contributed by atoms with Gasteiger partial charge in [-0.05, 0) is 123 Å². The lowest BCUT2D eigenvalue weighted by Gasteiger charge is -2.38. The highest BCUT2D eigenvalue weighted by molar-refractivity contribution is 8.14. The molecule has 17 heteroatoms. The van der Waals surface area contributed by atoms with Gasteiger partial charge in [-0.25, -0.2) is 22.3 Å².